The Morgan fingerprint density at radius 1 is 1.47 bits per heavy atom. The quantitative estimate of drug-likeness (QED) is 0.753. The summed E-state index contributed by atoms with van der Waals surface area (Å²) in [7, 11) is 0. The summed E-state index contributed by atoms with van der Waals surface area (Å²) in [5, 5.41) is 0. The van der Waals surface area contributed by atoms with Gasteiger partial charge in [0.05, 0.1) is 6.10 Å². The van der Waals surface area contributed by atoms with Gasteiger partial charge in [-0.1, -0.05) is 6.92 Å². The Morgan fingerprint density at radius 2 is 2.12 bits per heavy atom. The predicted molar refractivity (Wildman–Crippen MR) is 66.0 cm³/mol. The second-order valence-corrected chi connectivity index (χ2v) is 4.36. The maximum Gasteiger partial charge on any atom is 0.329 e. The van der Waals surface area contributed by atoms with E-state index in [1.54, 1.807) is 20.0 Å². The number of aryl methyl sites for hydroxylation is 1. The highest BCUT2D eigenvalue weighted by atomic mass is 16.5. The number of hydrogen-bond donors (Lipinski definition) is 0. The van der Waals surface area contributed by atoms with Gasteiger partial charge < -0.3 is 9.30 Å². The fraction of sp³-hybridized carbons (Fsp3) is 0.538. The molecule has 0 saturated heterocycles. The topological polar surface area (TPSA) is 48.3 Å². The molecule has 17 heavy (non-hydrogen) atoms. The van der Waals surface area contributed by atoms with Crippen LogP contribution in [0.15, 0.2) is 23.1 Å². The second kappa shape index (κ2) is 5.66. The molecule has 1 heterocycles. The van der Waals surface area contributed by atoms with Gasteiger partial charge in [0.2, 0.25) is 0 Å². The summed E-state index contributed by atoms with van der Waals surface area (Å²) in [4.78, 5) is 23.6. The van der Waals surface area contributed by atoms with Crippen molar-refractivity contribution in [2.45, 2.75) is 46.3 Å². The first kappa shape index (κ1) is 13.5. The maximum absolute atomic E-state index is 11.8. The Bertz CT molecular complexity index is 448. The number of carbonyl (C=O) groups is 1. The van der Waals surface area contributed by atoms with Crippen LogP contribution in [-0.4, -0.2) is 16.6 Å². The van der Waals surface area contributed by atoms with Gasteiger partial charge in [0.25, 0.3) is 5.56 Å². The average molecular weight is 237 g/mol. The minimum absolute atomic E-state index is 0.169. The van der Waals surface area contributed by atoms with E-state index in [2.05, 4.69) is 0 Å². The summed E-state index contributed by atoms with van der Waals surface area (Å²) in [6.45, 7) is 7.29. The van der Waals surface area contributed by atoms with Crippen LogP contribution in [-0.2, 0) is 9.53 Å². The fourth-order valence-corrected chi connectivity index (χ4v) is 1.63. The normalized spacial score (nSPS) is 12.5. The molecule has 0 bridgehead atoms. The lowest BCUT2D eigenvalue weighted by molar-refractivity contribution is -0.151. The molecule has 0 radical (unpaired) electrons. The molecule has 4 heteroatoms. The molecule has 1 rings (SSSR count). The van der Waals surface area contributed by atoms with Gasteiger partial charge in [-0.25, -0.2) is 4.79 Å². The number of pyridine rings is 1. The van der Waals surface area contributed by atoms with Gasteiger partial charge in [-0.2, -0.15) is 0 Å². The summed E-state index contributed by atoms with van der Waals surface area (Å²) < 4.78 is 6.57. The van der Waals surface area contributed by atoms with E-state index in [0.29, 0.717) is 6.42 Å². The van der Waals surface area contributed by atoms with Crippen molar-refractivity contribution >= 4 is 5.97 Å². The average Bonchev–Trinajstić information content (AvgIpc) is 2.21. The number of rotatable bonds is 4. The molecule has 1 atom stereocenters. The third-order valence-electron chi connectivity index (χ3n) is 2.45. The van der Waals surface area contributed by atoms with Crippen molar-refractivity contribution in [2.75, 3.05) is 0 Å². The highest BCUT2D eigenvalue weighted by molar-refractivity contribution is 5.74. The molecule has 0 aliphatic heterocycles. The highest BCUT2D eigenvalue weighted by Crippen LogP contribution is 2.12. The van der Waals surface area contributed by atoms with E-state index in [4.69, 9.17) is 4.74 Å². The van der Waals surface area contributed by atoms with Crippen molar-refractivity contribution in [2.24, 2.45) is 0 Å². The Labute approximate surface area is 101 Å². The summed E-state index contributed by atoms with van der Waals surface area (Å²) in [6.07, 6.45) is 2.01. The van der Waals surface area contributed by atoms with Crippen molar-refractivity contribution in [3.63, 3.8) is 0 Å². The van der Waals surface area contributed by atoms with Crippen LogP contribution in [0.1, 0.15) is 38.8 Å². The standard InChI is InChI=1S/C13H19NO3/c1-5-11(13(16)17-9(2)3)14-7-6-10(4)8-12(14)15/h6-9,11H,5H2,1-4H3. The Balaban J connectivity index is 3.01. The molecule has 0 fully saturated rings. The van der Waals surface area contributed by atoms with E-state index in [0.717, 1.165) is 5.56 Å². The molecule has 0 aliphatic rings. The maximum atomic E-state index is 11.8. The molecular formula is C13H19NO3. The summed E-state index contributed by atoms with van der Waals surface area (Å²) in [5.41, 5.74) is 0.718. The third-order valence-corrected chi connectivity index (χ3v) is 2.45. The number of nitrogens with zero attached hydrogens (tertiary/aromatic N) is 1. The van der Waals surface area contributed by atoms with E-state index in [1.165, 1.54) is 10.6 Å². The van der Waals surface area contributed by atoms with Gasteiger partial charge in [0, 0.05) is 12.3 Å². The minimum atomic E-state index is -0.537. The van der Waals surface area contributed by atoms with E-state index >= 15 is 0 Å². The van der Waals surface area contributed by atoms with Gasteiger partial charge in [-0.05, 0) is 38.8 Å². The minimum Gasteiger partial charge on any atom is -0.461 e. The molecule has 0 saturated carbocycles. The van der Waals surface area contributed by atoms with Crippen LogP contribution < -0.4 is 5.56 Å². The molecule has 1 unspecified atom stereocenters. The summed E-state index contributed by atoms with van der Waals surface area (Å²) >= 11 is 0. The molecular weight excluding hydrogens is 218 g/mol. The molecule has 94 valence electrons. The number of aromatic nitrogens is 1. The lowest BCUT2D eigenvalue weighted by Crippen LogP contribution is -2.31. The Kier molecular flexibility index (Phi) is 4.49. The van der Waals surface area contributed by atoms with E-state index in [-0.39, 0.29) is 17.6 Å². The van der Waals surface area contributed by atoms with E-state index in [9.17, 15) is 9.59 Å². The van der Waals surface area contributed by atoms with E-state index in [1.807, 2.05) is 19.9 Å². The van der Waals surface area contributed by atoms with Crippen LogP contribution in [0.5, 0.6) is 0 Å². The molecule has 1 aromatic rings. The SMILES string of the molecule is CCC(C(=O)OC(C)C)n1ccc(C)cc1=O. The van der Waals surface area contributed by atoms with Crippen LogP contribution in [0.2, 0.25) is 0 Å². The van der Waals surface area contributed by atoms with Gasteiger partial charge in [-0.3, -0.25) is 4.79 Å². The second-order valence-electron chi connectivity index (χ2n) is 4.36. The molecule has 1 aromatic heterocycles. The van der Waals surface area contributed by atoms with Crippen molar-refractivity contribution < 1.29 is 9.53 Å². The zero-order chi connectivity index (χ0) is 13.0. The van der Waals surface area contributed by atoms with Gasteiger partial charge in [-0.15, -0.1) is 0 Å². The zero-order valence-electron chi connectivity index (χ0n) is 10.8. The first-order valence-electron chi connectivity index (χ1n) is 5.85. The first-order valence-corrected chi connectivity index (χ1v) is 5.85. The molecule has 0 aromatic carbocycles. The summed E-state index contributed by atoms with van der Waals surface area (Å²) in [6, 6.07) is 2.79. The van der Waals surface area contributed by atoms with Crippen LogP contribution in [0.4, 0.5) is 0 Å². The smallest absolute Gasteiger partial charge is 0.329 e. The van der Waals surface area contributed by atoms with Crippen molar-refractivity contribution in [3.05, 3.63) is 34.2 Å². The predicted octanol–water partition coefficient (Wildman–Crippen LogP) is 2.06. The molecule has 4 nitrogen and oxygen atoms in total. The highest BCUT2D eigenvalue weighted by Gasteiger charge is 2.21. The van der Waals surface area contributed by atoms with Crippen molar-refractivity contribution in [1.29, 1.82) is 0 Å². The Morgan fingerprint density at radius 3 is 2.59 bits per heavy atom. The lowest BCUT2D eigenvalue weighted by atomic mass is 10.2. The van der Waals surface area contributed by atoms with Crippen molar-refractivity contribution in [3.8, 4) is 0 Å². The van der Waals surface area contributed by atoms with Crippen LogP contribution in [0, 0.1) is 6.92 Å². The van der Waals surface area contributed by atoms with E-state index < -0.39 is 6.04 Å². The molecule has 0 amide bonds. The molecule has 0 spiro atoms. The third kappa shape index (κ3) is 3.44. The monoisotopic (exact) mass is 237 g/mol. The lowest BCUT2D eigenvalue weighted by Gasteiger charge is -2.18. The molecule has 0 aliphatic carbocycles. The Hall–Kier alpha value is -1.58. The largest absolute Gasteiger partial charge is 0.461 e. The number of carbonyl (C=O) groups excluding carboxylic acids is 1. The van der Waals surface area contributed by atoms with Gasteiger partial charge in [0.15, 0.2) is 0 Å². The van der Waals surface area contributed by atoms with Crippen LogP contribution >= 0.6 is 0 Å². The van der Waals surface area contributed by atoms with Crippen LogP contribution in [0.3, 0.4) is 0 Å². The van der Waals surface area contributed by atoms with Crippen LogP contribution in [0.25, 0.3) is 0 Å². The zero-order valence-corrected chi connectivity index (χ0v) is 10.8. The number of esters is 1. The van der Waals surface area contributed by atoms with Gasteiger partial charge >= 0.3 is 5.97 Å². The number of ether oxygens (including phenoxy) is 1. The number of hydrogen-bond acceptors (Lipinski definition) is 3. The summed E-state index contributed by atoms with van der Waals surface area (Å²) in [5.74, 6) is -0.353. The van der Waals surface area contributed by atoms with Gasteiger partial charge in [0.1, 0.15) is 6.04 Å². The van der Waals surface area contributed by atoms with Crippen molar-refractivity contribution in [1.82, 2.24) is 4.57 Å². The fourth-order valence-electron chi connectivity index (χ4n) is 1.63. The molecule has 0 N–H and O–H groups in total. The first-order chi connectivity index (χ1) is 7.95.